The molecule has 2 aromatic rings. The third-order valence-corrected chi connectivity index (χ3v) is 3.57. The minimum absolute atomic E-state index is 0.212. The maximum atomic E-state index is 11.1. The van der Waals surface area contributed by atoms with Gasteiger partial charge in [0.05, 0.1) is 11.3 Å². The number of anilines is 2. The zero-order valence-electron chi connectivity index (χ0n) is 10.7. The van der Waals surface area contributed by atoms with E-state index in [4.69, 9.17) is 16.7 Å². The van der Waals surface area contributed by atoms with Crippen LogP contribution in [0.4, 0.5) is 11.5 Å². The van der Waals surface area contributed by atoms with Gasteiger partial charge in [-0.1, -0.05) is 18.5 Å². The van der Waals surface area contributed by atoms with Crippen molar-refractivity contribution in [2.45, 2.75) is 13.3 Å². The summed E-state index contributed by atoms with van der Waals surface area (Å²) in [5.74, 6) is -0.481. The third kappa shape index (κ3) is 3.49. The van der Waals surface area contributed by atoms with E-state index in [2.05, 4.69) is 26.2 Å². The zero-order valence-corrected chi connectivity index (χ0v) is 13.0. The van der Waals surface area contributed by atoms with Gasteiger partial charge in [-0.3, -0.25) is 0 Å². The van der Waals surface area contributed by atoms with Gasteiger partial charge in [-0.05, 0) is 52.7 Å². The van der Waals surface area contributed by atoms with Gasteiger partial charge in [-0.2, -0.15) is 0 Å². The Labute approximate surface area is 129 Å². The molecule has 4 nitrogen and oxygen atoms in total. The molecule has 0 amide bonds. The molecule has 0 aliphatic rings. The monoisotopic (exact) mass is 354 g/mol. The lowest BCUT2D eigenvalue weighted by Crippen LogP contribution is -2.03. The highest BCUT2D eigenvalue weighted by Gasteiger charge is 2.09. The van der Waals surface area contributed by atoms with E-state index in [1.807, 2.05) is 6.92 Å². The third-order valence-electron chi connectivity index (χ3n) is 2.68. The number of hydrogen-bond acceptors (Lipinski definition) is 3. The van der Waals surface area contributed by atoms with Crippen LogP contribution in [-0.2, 0) is 6.42 Å². The molecule has 0 radical (unpaired) electrons. The van der Waals surface area contributed by atoms with E-state index in [-0.39, 0.29) is 5.56 Å². The maximum Gasteiger partial charge on any atom is 0.335 e. The summed E-state index contributed by atoms with van der Waals surface area (Å²) >= 11 is 9.28. The predicted molar refractivity (Wildman–Crippen MR) is 83.0 cm³/mol. The molecular formula is C14H12BrClN2O2. The van der Waals surface area contributed by atoms with Crippen LogP contribution in [0, 0.1) is 0 Å². The molecule has 0 saturated heterocycles. The molecule has 104 valence electrons. The second-order valence-electron chi connectivity index (χ2n) is 4.14. The number of nitrogens with one attached hydrogen (secondary N) is 1. The number of nitrogens with zero attached hydrogens (tertiary/aromatic N) is 1. The molecule has 0 aliphatic heterocycles. The summed E-state index contributed by atoms with van der Waals surface area (Å²) in [5, 5.41) is 12.8. The first-order chi connectivity index (χ1) is 9.49. The number of aromatic nitrogens is 1. The van der Waals surface area contributed by atoms with E-state index < -0.39 is 5.97 Å². The molecule has 2 N–H and O–H groups in total. The van der Waals surface area contributed by atoms with E-state index in [0.29, 0.717) is 17.3 Å². The number of rotatable bonds is 4. The van der Waals surface area contributed by atoms with Crippen molar-refractivity contribution in [2.75, 3.05) is 5.32 Å². The van der Waals surface area contributed by atoms with Gasteiger partial charge < -0.3 is 10.4 Å². The molecule has 0 bridgehead atoms. The Morgan fingerprint density at radius 1 is 1.40 bits per heavy atom. The number of aryl methyl sites for hydroxylation is 1. The van der Waals surface area contributed by atoms with Crippen LogP contribution in [-0.4, -0.2) is 16.1 Å². The van der Waals surface area contributed by atoms with Gasteiger partial charge in [0.15, 0.2) is 0 Å². The zero-order chi connectivity index (χ0) is 14.7. The highest BCUT2D eigenvalue weighted by atomic mass is 79.9. The topological polar surface area (TPSA) is 62.2 Å². The van der Waals surface area contributed by atoms with Crippen LogP contribution < -0.4 is 5.32 Å². The van der Waals surface area contributed by atoms with Crippen molar-refractivity contribution in [3.8, 4) is 0 Å². The van der Waals surface area contributed by atoms with Crippen LogP contribution in [0.5, 0.6) is 0 Å². The van der Waals surface area contributed by atoms with E-state index in [0.717, 1.165) is 15.9 Å². The van der Waals surface area contributed by atoms with Gasteiger partial charge in [0, 0.05) is 15.2 Å². The van der Waals surface area contributed by atoms with Crippen molar-refractivity contribution in [2.24, 2.45) is 0 Å². The summed E-state index contributed by atoms with van der Waals surface area (Å²) in [6.45, 7) is 1.93. The Hall–Kier alpha value is -1.59. The van der Waals surface area contributed by atoms with Gasteiger partial charge in [0.2, 0.25) is 0 Å². The van der Waals surface area contributed by atoms with Crippen molar-refractivity contribution >= 4 is 45.0 Å². The smallest absolute Gasteiger partial charge is 0.335 e. The Bertz CT molecular complexity index is 662. The summed E-state index contributed by atoms with van der Waals surface area (Å²) in [4.78, 5) is 15.5. The average molecular weight is 356 g/mol. The minimum atomic E-state index is -0.972. The van der Waals surface area contributed by atoms with Crippen molar-refractivity contribution in [3.05, 3.63) is 51.1 Å². The summed E-state index contributed by atoms with van der Waals surface area (Å²) in [5.41, 5.74) is 1.70. The molecule has 2 rings (SSSR count). The number of carboxylic acids is 1. The van der Waals surface area contributed by atoms with Gasteiger partial charge >= 0.3 is 5.97 Å². The lowest BCUT2D eigenvalue weighted by Gasteiger charge is -2.10. The molecule has 0 unspecified atom stereocenters. The maximum absolute atomic E-state index is 11.1. The second-order valence-corrected chi connectivity index (χ2v) is 5.43. The Morgan fingerprint density at radius 2 is 2.15 bits per heavy atom. The van der Waals surface area contributed by atoms with Crippen LogP contribution in [0.1, 0.15) is 23.0 Å². The number of hydrogen-bond donors (Lipinski definition) is 2. The second kappa shape index (κ2) is 6.24. The summed E-state index contributed by atoms with van der Waals surface area (Å²) in [7, 11) is 0. The Kier molecular flexibility index (Phi) is 4.62. The molecule has 1 heterocycles. The largest absolute Gasteiger partial charge is 0.478 e. The van der Waals surface area contributed by atoms with Crippen LogP contribution in [0.2, 0.25) is 5.02 Å². The molecule has 20 heavy (non-hydrogen) atoms. The Balaban J connectivity index is 2.37. The van der Waals surface area contributed by atoms with Crippen LogP contribution in [0.25, 0.3) is 0 Å². The number of benzene rings is 1. The number of carbonyl (C=O) groups is 1. The summed E-state index contributed by atoms with van der Waals surface area (Å²) < 4.78 is 0.783. The van der Waals surface area contributed by atoms with E-state index in [9.17, 15) is 4.79 Å². The van der Waals surface area contributed by atoms with Gasteiger partial charge in [0.25, 0.3) is 0 Å². The molecule has 0 saturated carbocycles. The van der Waals surface area contributed by atoms with E-state index >= 15 is 0 Å². The van der Waals surface area contributed by atoms with Gasteiger partial charge in [-0.25, -0.2) is 9.78 Å². The quantitative estimate of drug-likeness (QED) is 0.847. The van der Waals surface area contributed by atoms with Crippen molar-refractivity contribution < 1.29 is 9.90 Å². The lowest BCUT2D eigenvalue weighted by atomic mass is 10.2. The lowest BCUT2D eigenvalue weighted by molar-refractivity contribution is 0.0696. The molecule has 1 aromatic carbocycles. The van der Waals surface area contributed by atoms with Crippen molar-refractivity contribution in [1.29, 1.82) is 0 Å². The fraction of sp³-hybridized carbons (Fsp3) is 0.143. The minimum Gasteiger partial charge on any atom is -0.478 e. The number of aromatic carboxylic acids is 1. The molecule has 6 heteroatoms. The summed E-state index contributed by atoms with van der Waals surface area (Å²) in [6, 6.07) is 8.38. The van der Waals surface area contributed by atoms with Gasteiger partial charge in [-0.15, -0.1) is 0 Å². The van der Waals surface area contributed by atoms with Crippen LogP contribution in [0.3, 0.4) is 0 Å². The first-order valence-electron chi connectivity index (χ1n) is 5.96. The number of halogens is 2. The Morgan fingerprint density at radius 3 is 2.75 bits per heavy atom. The molecular weight excluding hydrogens is 344 g/mol. The van der Waals surface area contributed by atoms with E-state index in [1.165, 1.54) is 6.07 Å². The molecule has 0 fully saturated rings. The number of carboxylic acid groups (broad SMARTS) is 1. The normalized spacial score (nSPS) is 10.3. The highest BCUT2D eigenvalue weighted by Crippen LogP contribution is 2.28. The summed E-state index contributed by atoms with van der Waals surface area (Å²) in [6.07, 6.45) is 0.664. The average Bonchev–Trinajstić information content (AvgIpc) is 2.41. The first-order valence-corrected chi connectivity index (χ1v) is 7.13. The van der Waals surface area contributed by atoms with Crippen molar-refractivity contribution in [1.82, 2.24) is 4.98 Å². The number of pyridine rings is 1. The molecule has 0 spiro atoms. The fourth-order valence-electron chi connectivity index (χ4n) is 1.69. The molecule has 0 aliphatic carbocycles. The predicted octanol–water partition coefficient (Wildman–Crippen LogP) is 4.50. The highest BCUT2D eigenvalue weighted by molar-refractivity contribution is 9.10. The molecule has 1 aromatic heterocycles. The van der Waals surface area contributed by atoms with Crippen LogP contribution >= 0.6 is 27.5 Å². The van der Waals surface area contributed by atoms with E-state index in [1.54, 1.807) is 24.3 Å². The first kappa shape index (κ1) is 14.8. The van der Waals surface area contributed by atoms with Crippen LogP contribution in [0.15, 0.2) is 34.8 Å². The van der Waals surface area contributed by atoms with Gasteiger partial charge in [0.1, 0.15) is 5.82 Å². The molecule has 0 atom stereocenters. The SMILES string of the molecule is CCc1cc(C(=O)O)cc(Nc2ccc(Cl)cc2Br)n1. The standard InChI is InChI=1S/C14H12BrClN2O2/c1-2-10-5-8(14(19)20)6-13(17-10)18-12-4-3-9(16)7-11(12)15/h3-7H,2H2,1H3,(H,17,18)(H,19,20). The van der Waals surface area contributed by atoms with Crippen molar-refractivity contribution in [3.63, 3.8) is 0 Å². The fourth-order valence-corrected chi connectivity index (χ4v) is 2.47.